The molecule has 0 radical (unpaired) electrons. The molecule has 4 heterocycles. The van der Waals surface area contributed by atoms with Gasteiger partial charge in [0.25, 0.3) is 5.91 Å². The summed E-state index contributed by atoms with van der Waals surface area (Å²) in [5.74, 6) is -0.180. The number of rotatable bonds is 4. The van der Waals surface area contributed by atoms with Gasteiger partial charge in [0.05, 0.1) is 11.9 Å². The number of carbonyl (C=O) groups excluding carboxylic acids is 1. The number of halogens is 3. The zero-order valence-corrected chi connectivity index (χ0v) is 15.5. The Labute approximate surface area is 163 Å². The van der Waals surface area contributed by atoms with Gasteiger partial charge in [-0.3, -0.25) is 9.48 Å². The van der Waals surface area contributed by atoms with Crippen LogP contribution in [-0.4, -0.2) is 49.4 Å². The number of hydrogen-bond donors (Lipinski definition) is 3. The molecule has 154 valence electrons. The van der Waals surface area contributed by atoms with E-state index in [0.717, 1.165) is 36.8 Å². The second-order valence-corrected chi connectivity index (χ2v) is 6.84. The second kappa shape index (κ2) is 7.35. The molecule has 1 saturated heterocycles. The van der Waals surface area contributed by atoms with Gasteiger partial charge in [0.1, 0.15) is 11.4 Å². The first kappa shape index (κ1) is 19.2. The average molecular weight is 408 g/mol. The summed E-state index contributed by atoms with van der Waals surface area (Å²) in [7, 11) is 1.35. The van der Waals surface area contributed by atoms with E-state index in [4.69, 9.17) is 0 Å². The van der Waals surface area contributed by atoms with Crippen LogP contribution in [0, 0.1) is 0 Å². The van der Waals surface area contributed by atoms with Crippen molar-refractivity contribution in [3.63, 3.8) is 0 Å². The molecule has 1 atom stereocenters. The number of carbonyl (C=O) groups is 1. The van der Waals surface area contributed by atoms with E-state index in [1.54, 1.807) is 12.3 Å². The smallest absolute Gasteiger partial charge is 0.366 e. The maximum Gasteiger partial charge on any atom is 0.437 e. The number of fused-ring (bicyclic) bond motifs is 1. The monoisotopic (exact) mass is 408 g/mol. The Bertz CT molecular complexity index is 1040. The molecule has 4 rings (SSSR count). The van der Waals surface area contributed by atoms with Crippen LogP contribution in [0.2, 0.25) is 0 Å². The van der Waals surface area contributed by atoms with Gasteiger partial charge >= 0.3 is 6.18 Å². The zero-order chi connectivity index (χ0) is 20.6. The van der Waals surface area contributed by atoms with Crippen molar-refractivity contribution in [2.75, 3.05) is 23.7 Å². The lowest BCUT2D eigenvalue weighted by molar-refractivity contribution is -0.140. The molecule has 3 aromatic heterocycles. The predicted molar refractivity (Wildman–Crippen MR) is 98.7 cm³/mol. The van der Waals surface area contributed by atoms with Crippen molar-refractivity contribution in [1.82, 2.24) is 29.7 Å². The van der Waals surface area contributed by atoms with E-state index in [2.05, 4.69) is 31.1 Å². The first-order valence-corrected chi connectivity index (χ1v) is 9.05. The highest BCUT2D eigenvalue weighted by Crippen LogP contribution is 2.33. The van der Waals surface area contributed by atoms with E-state index in [0.29, 0.717) is 5.82 Å². The van der Waals surface area contributed by atoms with Gasteiger partial charge in [0.2, 0.25) is 0 Å². The van der Waals surface area contributed by atoms with Gasteiger partial charge in [-0.15, -0.1) is 0 Å². The molecule has 3 N–H and O–H groups in total. The first-order valence-electron chi connectivity index (χ1n) is 9.05. The summed E-state index contributed by atoms with van der Waals surface area (Å²) in [5.41, 5.74) is -1.28. The number of nitrogens with one attached hydrogen (secondary N) is 3. The summed E-state index contributed by atoms with van der Waals surface area (Å²) in [6.07, 6.45) is 1.37. The molecule has 0 spiro atoms. The van der Waals surface area contributed by atoms with Gasteiger partial charge in [-0.1, -0.05) is 0 Å². The van der Waals surface area contributed by atoms with Crippen molar-refractivity contribution >= 4 is 23.1 Å². The fourth-order valence-electron chi connectivity index (χ4n) is 3.27. The SMILES string of the molecule is Cn1cc(NC(=O)c2cnn3ccc(N[C@H]4CCCNC4)nc23)c(C(F)(F)F)n1. The Balaban J connectivity index is 1.59. The van der Waals surface area contributed by atoms with Crippen LogP contribution in [-0.2, 0) is 13.2 Å². The third kappa shape index (κ3) is 4.01. The molecule has 9 nitrogen and oxygen atoms in total. The number of alkyl halides is 3. The van der Waals surface area contributed by atoms with Gasteiger partial charge < -0.3 is 16.0 Å². The molecular weight excluding hydrogens is 389 g/mol. The highest BCUT2D eigenvalue weighted by atomic mass is 19.4. The number of piperidine rings is 1. The summed E-state index contributed by atoms with van der Waals surface area (Å²) in [5, 5.41) is 16.3. The van der Waals surface area contributed by atoms with Gasteiger partial charge in [-0.05, 0) is 25.5 Å². The Morgan fingerprint density at radius 1 is 1.38 bits per heavy atom. The van der Waals surface area contributed by atoms with Crippen molar-refractivity contribution in [2.45, 2.75) is 25.1 Å². The molecule has 0 aromatic carbocycles. The molecule has 0 aliphatic carbocycles. The van der Waals surface area contributed by atoms with Crippen LogP contribution in [0.25, 0.3) is 5.65 Å². The molecule has 1 aliphatic rings. The van der Waals surface area contributed by atoms with E-state index < -0.39 is 23.5 Å². The van der Waals surface area contributed by atoms with E-state index in [1.165, 1.54) is 17.8 Å². The van der Waals surface area contributed by atoms with Crippen LogP contribution in [0.5, 0.6) is 0 Å². The van der Waals surface area contributed by atoms with Gasteiger partial charge in [0.15, 0.2) is 11.3 Å². The zero-order valence-electron chi connectivity index (χ0n) is 15.5. The minimum atomic E-state index is -4.69. The van der Waals surface area contributed by atoms with Crippen molar-refractivity contribution in [3.8, 4) is 0 Å². The Hall–Kier alpha value is -3.15. The van der Waals surface area contributed by atoms with Crippen molar-refractivity contribution in [1.29, 1.82) is 0 Å². The summed E-state index contributed by atoms with van der Waals surface area (Å²) < 4.78 is 41.7. The van der Waals surface area contributed by atoms with E-state index in [-0.39, 0.29) is 17.3 Å². The molecule has 3 aromatic rings. The normalized spacial score (nSPS) is 17.4. The van der Waals surface area contributed by atoms with Crippen molar-refractivity contribution < 1.29 is 18.0 Å². The summed E-state index contributed by atoms with van der Waals surface area (Å²) in [4.78, 5) is 17.1. The quantitative estimate of drug-likeness (QED) is 0.610. The number of amides is 1. The van der Waals surface area contributed by atoms with Gasteiger partial charge in [-0.2, -0.15) is 23.4 Å². The van der Waals surface area contributed by atoms with Crippen molar-refractivity contribution in [2.24, 2.45) is 7.05 Å². The number of hydrogen-bond acceptors (Lipinski definition) is 6. The summed E-state index contributed by atoms with van der Waals surface area (Å²) >= 11 is 0. The van der Waals surface area contributed by atoms with E-state index in [1.807, 2.05) is 0 Å². The molecule has 0 saturated carbocycles. The lowest BCUT2D eigenvalue weighted by Crippen LogP contribution is -2.38. The van der Waals surface area contributed by atoms with Gasteiger partial charge in [0, 0.05) is 32.0 Å². The molecule has 1 fully saturated rings. The number of anilines is 2. The summed E-state index contributed by atoms with van der Waals surface area (Å²) in [6, 6.07) is 1.95. The standard InChI is InChI=1S/C17H19F3N8O/c1-27-9-12(14(26-27)17(18,19)20)24-16(29)11-8-22-28-6-4-13(25-15(11)28)23-10-3-2-5-21-7-10/h4,6,8-10,21H,2-3,5,7H2,1H3,(H,23,25)(H,24,29)/t10-/m0/s1. The summed E-state index contributed by atoms with van der Waals surface area (Å²) in [6.45, 7) is 1.78. The number of nitrogens with zero attached hydrogens (tertiary/aromatic N) is 5. The molecule has 1 amide bonds. The number of aryl methyl sites for hydroxylation is 1. The van der Waals surface area contributed by atoms with Crippen LogP contribution in [0.3, 0.4) is 0 Å². The number of aromatic nitrogens is 5. The highest BCUT2D eigenvalue weighted by Gasteiger charge is 2.37. The second-order valence-electron chi connectivity index (χ2n) is 6.84. The third-order valence-electron chi connectivity index (χ3n) is 4.61. The molecule has 1 aliphatic heterocycles. The Morgan fingerprint density at radius 2 is 2.21 bits per heavy atom. The molecule has 12 heteroatoms. The topological polar surface area (TPSA) is 101 Å². The Morgan fingerprint density at radius 3 is 2.93 bits per heavy atom. The fourth-order valence-corrected chi connectivity index (χ4v) is 3.27. The molecule has 0 unspecified atom stereocenters. The van der Waals surface area contributed by atoms with Gasteiger partial charge in [-0.25, -0.2) is 9.50 Å². The molecular formula is C17H19F3N8O. The van der Waals surface area contributed by atoms with Crippen LogP contribution in [0.15, 0.2) is 24.7 Å². The maximum atomic E-state index is 13.1. The fraction of sp³-hybridized carbons (Fsp3) is 0.412. The van der Waals surface area contributed by atoms with Crippen LogP contribution in [0.4, 0.5) is 24.7 Å². The Kier molecular flexibility index (Phi) is 4.86. The first-order chi connectivity index (χ1) is 13.8. The minimum absolute atomic E-state index is 0.0624. The predicted octanol–water partition coefficient (Wildman–Crippen LogP) is 1.90. The minimum Gasteiger partial charge on any atom is -0.366 e. The van der Waals surface area contributed by atoms with E-state index in [9.17, 15) is 18.0 Å². The maximum absolute atomic E-state index is 13.1. The van der Waals surface area contributed by atoms with E-state index >= 15 is 0 Å². The van der Waals surface area contributed by atoms with Crippen LogP contribution < -0.4 is 16.0 Å². The van der Waals surface area contributed by atoms with Crippen molar-refractivity contribution in [3.05, 3.63) is 35.9 Å². The molecule has 29 heavy (non-hydrogen) atoms. The van der Waals surface area contributed by atoms with Crippen LogP contribution >= 0.6 is 0 Å². The lowest BCUT2D eigenvalue weighted by Gasteiger charge is -2.24. The highest BCUT2D eigenvalue weighted by molar-refractivity contribution is 6.08. The third-order valence-corrected chi connectivity index (χ3v) is 4.61. The molecule has 0 bridgehead atoms. The van der Waals surface area contributed by atoms with Crippen LogP contribution in [0.1, 0.15) is 28.9 Å². The largest absolute Gasteiger partial charge is 0.437 e. The lowest BCUT2D eigenvalue weighted by atomic mass is 10.1. The average Bonchev–Trinajstić information content (AvgIpc) is 3.25.